The van der Waals surface area contributed by atoms with Crippen LogP contribution in [0.2, 0.25) is 0 Å². The van der Waals surface area contributed by atoms with E-state index in [1.807, 2.05) is 6.07 Å². The molecule has 1 heterocycles. The van der Waals surface area contributed by atoms with Crippen LogP contribution in [0.1, 0.15) is 56.2 Å². The van der Waals surface area contributed by atoms with E-state index in [2.05, 4.69) is 10.6 Å². The summed E-state index contributed by atoms with van der Waals surface area (Å²) in [5.41, 5.74) is -0.519. The fraction of sp³-hybridized carbons (Fsp3) is 0.583. The molecule has 1 saturated carbocycles. The molecule has 0 radical (unpaired) electrons. The number of hydrogen-bond acceptors (Lipinski definition) is 4. The highest BCUT2D eigenvalue weighted by Crippen LogP contribution is 2.38. The van der Waals surface area contributed by atoms with Gasteiger partial charge in [-0.05, 0) is 48.9 Å². The lowest BCUT2D eigenvalue weighted by molar-refractivity contribution is -0.141. The van der Waals surface area contributed by atoms with Gasteiger partial charge in [-0.3, -0.25) is 14.4 Å². The molecule has 1 aliphatic carbocycles. The third-order valence-electron chi connectivity index (χ3n) is 6.30. The average molecular weight is 479 g/mol. The second-order valence-electron chi connectivity index (χ2n) is 9.42. The van der Waals surface area contributed by atoms with Gasteiger partial charge in [0.2, 0.25) is 17.7 Å². The van der Waals surface area contributed by atoms with Gasteiger partial charge >= 0.3 is 6.18 Å². The molecule has 1 aromatic rings. The number of carbonyl (C=O) groups excluding carboxylic acids is 3. The molecule has 3 amide bonds. The highest BCUT2D eigenvalue weighted by atomic mass is 19.4. The third-order valence-corrected chi connectivity index (χ3v) is 6.30. The van der Waals surface area contributed by atoms with Crippen molar-refractivity contribution >= 4 is 17.7 Å². The molecule has 7 nitrogen and oxygen atoms in total. The summed E-state index contributed by atoms with van der Waals surface area (Å²) < 4.78 is 38.9. The van der Waals surface area contributed by atoms with Crippen molar-refractivity contribution in [2.24, 2.45) is 11.8 Å². The maximum atomic E-state index is 13.1. The van der Waals surface area contributed by atoms with E-state index in [4.69, 9.17) is 5.26 Å². The van der Waals surface area contributed by atoms with Gasteiger partial charge in [0.15, 0.2) is 0 Å². The van der Waals surface area contributed by atoms with Crippen LogP contribution in [0.5, 0.6) is 0 Å². The van der Waals surface area contributed by atoms with Gasteiger partial charge in [0, 0.05) is 25.6 Å². The van der Waals surface area contributed by atoms with Gasteiger partial charge in [-0.25, -0.2) is 0 Å². The molecule has 3 rings (SSSR count). The summed E-state index contributed by atoms with van der Waals surface area (Å²) in [4.78, 5) is 39.6. The van der Waals surface area contributed by atoms with Gasteiger partial charge in [-0.2, -0.15) is 18.4 Å². The highest BCUT2D eigenvalue weighted by Gasteiger charge is 2.53. The van der Waals surface area contributed by atoms with Crippen molar-refractivity contribution in [2.45, 2.75) is 64.2 Å². The van der Waals surface area contributed by atoms with Crippen LogP contribution in [-0.4, -0.2) is 47.4 Å². The molecule has 2 aliphatic rings. The average Bonchev–Trinajstić information content (AvgIpc) is 3.56. The van der Waals surface area contributed by atoms with Crippen molar-refractivity contribution in [3.8, 4) is 6.07 Å². The van der Waals surface area contributed by atoms with Gasteiger partial charge < -0.3 is 15.5 Å². The second-order valence-corrected chi connectivity index (χ2v) is 9.42. The Morgan fingerprint density at radius 3 is 2.53 bits per heavy atom. The predicted molar refractivity (Wildman–Crippen MR) is 117 cm³/mol. The van der Waals surface area contributed by atoms with Crippen LogP contribution in [0, 0.1) is 23.2 Å². The van der Waals surface area contributed by atoms with Crippen molar-refractivity contribution in [1.82, 2.24) is 15.5 Å². The number of halogens is 3. The number of hydrogen-bond donors (Lipinski definition) is 2. The fourth-order valence-corrected chi connectivity index (χ4v) is 4.15. The molecule has 2 N–H and O–H groups in total. The molecule has 1 aliphatic heterocycles. The maximum absolute atomic E-state index is 13.1. The summed E-state index contributed by atoms with van der Waals surface area (Å²) in [6.45, 7) is 4.10. The molecular formula is C24H29F3N4O3. The van der Waals surface area contributed by atoms with Gasteiger partial charge in [-0.15, -0.1) is 0 Å². The van der Waals surface area contributed by atoms with Crippen LogP contribution in [0.4, 0.5) is 13.2 Å². The molecule has 0 spiro atoms. The molecule has 1 atom stereocenters. The zero-order chi connectivity index (χ0) is 25.1. The lowest BCUT2D eigenvalue weighted by Crippen LogP contribution is -2.55. The Balaban J connectivity index is 1.62. The van der Waals surface area contributed by atoms with Crippen LogP contribution in [0.3, 0.4) is 0 Å². The first-order chi connectivity index (χ1) is 15.9. The molecule has 184 valence electrons. The first kappa shape index (κ1) is 25.5. The summed E-state index contributed by atoms with van der Waals surface area (Å²) >= 11 is 0. The predicted octanol–water partition coefficient (Wildman–Crippen LogP) is 2.82. The van der Waals surface area contributed by atoms with E-state index in [0.717, 1.165) is 0 Å². The van der Waals surface area contributed by atoms with E-state index < -0.39 is 24.1 Å². The number of carbonyl (C=O) groups is 3. The summed E-state index contributed by atoms with van der Waals surface area (Å²) in [5, 5.41) is 14.5. The molecule has 34 heavy (non-hydrogen) atoms. The first-order valence-corrected chi connectivity index (χ1v) is 11.4. The minimum Gasteiger partial charge on any atom is -0.352 e. The third kappa shape index (κ3) is 6.27. The van der Waals surface area contributed by atoms with Crippen LogP contribution in [0.25, 0.3) is 0 Å². The van der Waals surface area contributed by atoms with Crippen LogP contribution in [0.15, 0.2) is 18.2 Å². The Kier molecular flexibility index (Phi) is 7.54. The minimum absolute atomic E-state index is 0.0520. The number of nitrogens with one attached hydrogen (secondary N) is 2. The summed E-state index contributed by atoms with van der Waals surface area (Å²) in [5.74, 6) is -1.43. The Morgan fingerprint density at radius 1 is 1.24 bits per heavy atom. The summed E-state index contributed by atoms with van der Waals surface area (Å²) in [6, 6.07) is 5.86. The molecule has 1 aromatic carbocycles. The zero-order valence-corrected chi connectivity index (χ0v) is 19.3. The molecular weight excluding hydrogens is 449 g/mol. The van der Waals surface area contributed by atoms with Gasteiger partial charge in [-0.1, -0.05) is 19.9 Å². The lowest BCUT2D eigenvalue weighted by atomic mass is 9.95. The minimum atomic E-state index is -4.44. The van der Waals surface area contributed by atoms with E-state index >= 15 is 0 Å². The summed E-state index contributed by atoms with van der Waals surface area (Å²) in [6.07, 6.45) is -3.32. The molecule has 2 fully saturated rings. The monoisotopic (exact) mass is 478 g/mol. The number of benzene rings is 1. The standard InChI is InChI=1S/C24H29F3N4O3/c1-15(2)20(32)30-23(7-8-23)22(34)31-9-3-4-18(14-31)21(33)29-13-17-6-5-16(12-28)10-19(17)11-24(25,26)27/h5-6,10,15,18H,3-4,7-9,11,13-14H2,1-2H3,(H,29,33)(H,30,32)/t18-/m1/s1. The van der Waals surface area contributed by atoms with Crippen LogP contribution in [-0.2, 0) is 27.3 Å². The van der Waals surface area contributed by atoms with E-state index in [-0.39, 0.29) is 47.9 Å². The molecule has 1 saturated heterocycles. The highest BCUT2D eigenvalue weighted by molar-refractivity contribution is 5.95. The molecule has 0 bridgehead atoms. The Bertz CT molecular complexity index is 996. The number of piperidine rings is 1. The van der Waals surface area contributed by atoms with E-state index in [1.165, 1.54) is 18.2 Å². The molecule has 10 heteroatoms. The number of nitrogens with zero attached hydrogens (tertiary/aromatic N) is 2. The van der Waals surface area contributed by atoms with Gasteiger partial charge in [0.1, 0.15) is 5.54 Å². The number of nitriles is 1. The van der Waals surface area contributed by atoms with Crippen molar-refractivity contribution in [3.63, 3.8) is 0 Å². The number of rotatable bonds is 7. The SMILES string of the molecule is CC(C)C(=O)NC1(C(=O)N2CCC[C@@H](C(=O)NCc3ccc(C#N)cc3CC(F)(F)F)C2)CC1. The summed E-state index contributed by atoms with van der Waals surface area (Å²) in [7, 11) is 0. The van der Waals surface area contributed by atoms with E-state index in [9.17, 15) is 27.6 Å². The largest absolute Gasteiger partial charge is 0.393 e. The van der Waals surface area contributed by atoms with Crippen molar-refractivity contribution < 1.29 is 27.6 Å². The fourth-order valence-electron chi connectivity index (χ4n) is 4.15. The van der Waals surface area contributed by atoms with Crippen LogP contribution >= 0.6 is 0 Å². The van der Waals surface area contributed by atoms with Gasteiger partial charge in [0.25, 0.3) is 0 Å². The quantitative estimate of drug-likeness (QED) is 0.629. The van der Waals surface area contributed by atoms with E-state index in [1.54, 1.807) is 18.7 Å². The second kappa shape index (κ2) is 10.0. The normalized spacial score (nSPS) is 19.3. The lowest BCUT2D eigenvalue weighted by Gasteiger charge is -2.35. The molecule has 0 unspecified atom stereocenters. The Hall–Kier alpha value is -3.09. The van der Waals surface area contributed by atoms with E-state index in [0.29, 0.717) is 37.8 Å². The number of amides is 3. The Morgan fingerprint density at radius 2 is 1.94 bits per heavy atom. The zero-order valence-electron chi connectivity index (χ0n) is 19.3. The topological polar surface area (TPSA) is 102 Å². The maximum Gasteiger partial charge on any atom is 0.393 e. The first-order valence-electron chi connectivity index (χ1n) is 11.4. The van der Waals surface area contributed by atoms with Crippen molar-refractivity contribution in [2.75, 3.05) is 13.1 Å². The smallest absolute Gasteiger partial charge is 0.352 e. The van der Waals surface area contributed by atoms with Crippen LogP contribution < -0.4 is 10.6 Å². The van der Waals surface area contributed by atoms with Crippen molar-refractivity contribution in [1.29, 1.82) is 5.26 Å². The molecule has 0 aromatic heterocycles. The Labute approximate surface area is 196 Å². The number of alkyl halides is 3. The van der Waals surface area contributed by atoms with Gasteiger partial charge in [0.05, 0.1) is 24.0 Å². The number of likely N-dealkylation sites (tertiary alicyclic amines) is 1. The van der Waals surface area contributed by atoms with Crippen molar-refractivity contribution in [3.05, 3.63) is 34.9 Å².